The summed E-state index contributed by atoms with van der Waals surface area (Å²) in [4.78, 5) is 0. The first-order valence-corrected chi connectivity index (χ1v) is 14.8. The van der Waals surface area contributed by atoms with Crippen LogP contribution in [0.1, 0.15) is 59.1 Å². The van der Waals surface area contributed by atoms with Crippen LogP contribution in [0.15, 0.2) is 60.7 Å². The topological polar surface area (TPSA) is 38.3 Å². The van der Waals surface area contributed by atoms with Gasteiger partial charge < -0.3 is 4.43 Å². The summed E-state index contributed by atoms with van der Waals surface area (Å²) in [5, 5.41) is 0.0724. The minimum absolute atomic E-state index is 0.0724. The van der Waals surface area contributed by atoms with Gasteiger partial charge in [-0.3, -0.25) is 0 Å². The van der Waals surface area contributed by atoms with Gasteiger partial charge in [0, 0.05) is 6.42 Å². The molecule has 0 aliphatic heterocycles. The Morgan fingerprint density at radius 1 is 0.867 bits per heavy atom. The molecule has 1 aliphatic carbocycles. The van der Waals surface area contributed by atoms with Crippen LogP contribution in [0, 0.1) is 0 Å². The molecule has 0 unspecified atom stereocenters. The summed E-state index contributed by atoms with van der Waals surface area (Å²) in [6.45, 7) is 17.4. The molecule has 0 radical (unpaired) electrons. The van der Waals surface area contributed by atoms with Gasteiger partial charge in [0.15, 0.2) is 8.32 Å². The molecular formula is C25H37NO2SSi. The van der Waals surface area contributed by atoms with Crippen molar-refractivity contribution in [3.63, 3.8) is 0 Å². The SMILES string of the molecule is CC(C)(C)[S@@](=O)N[C@@]1(c2ccccc2)C[C@]1(O[Si](C)(C)C(C)(C)C)c1ccccc1. The van der Waals surface area contributed by atoms with Gasteiger partial charge in [-0.2, -0.15) is 0 Å². The van der Waals surface area contributed by atoms with Crippen molar-refractivity contribution in [3.05, 3.63) is 71.8 Å². The minimum Gasteiger partial charge on any atom is -0.405 e. The largest absolute Gasteiger partial charge is 0.405 e. The van der Waals surface area contributed by atoms with E-state index >= 15 is 0 Å². The highest BCUT2D eigenvalue weighted by atomic mass is 32.2. The fourth-order valence-electron chi connectivity index (χ4n) is 3.70. The predicted molar refractivity (Wildman–Crippen MR) is 130 cm³/mol. The van der Waals surface area contributed by atoms with Crippen LogP contribution in [0.2, 0.25) is 18.1 Å². The Bertz CT molecular complexity index is 902. The van der Waals surface area contributed by atoms with Crippen LogP contribution in [-0.4, -0.2) is 17.3 Å². The summed E-state index contributed by atoms with van der Waals surface area (Å²) < 4.78 is 23.7. The lowest BCUT2D eigenvalue weighted by Crippen LogP contribution is -2.50. The average Bonchev–Trinajstić information content (AvgIpc) is 3.29. The Hall–Kier alpha value is -1.27. The molecule has 3 nitrogen and oxygen atoms in total. The van der Waals surface area contributed by atoms with Crippen molar-refractivity contribution in [1.82, 2.24) is 4.72 Å². The van der Waals surface area contributed by atoms with Gasteiger partial charge in [0.25, 0.3) is 0 Å². The second-order valence-electron chi connectivity index (χ2n) is 11.0. The second kappa shape index (κ2) is 7.70. The Morgan fingerprint density at radius 3 is 1.77 bits per heavy atom. The summed E-state index contributed by atoms with van der Waals surface area (Å²) in [5.74, 6) is 0. The molecule has 1 N–H and O–H groups in total. The zero-order valence-corrected chi connectivity index (χ0v) is 21.5. The maximum atomic E-state index is 13.3. The Morgan fingerprint density at radius 2 is 1.33 bits per heavy atom. The molecule has 2 aromatic carbocycles. The van der Waals surface area contributed by atoms with E-state index in [9.17, 15) is 4.21 Å². The molecular weight excluding hydrogens is 406 g/mol. The smallest absolute Gasteiger partial charge is 0.193 e. The van der Waals surface area contributed by atoms with Crippen LogP contribution in [-0.2, 0) is 26.6 Å². The molecule has 0 aromatic heterocycles. The quantitative estimate of drug-likeness (QED) is 0.536. The summed E-state index contributed by atoms with van der Waals surface area (Å²) >= 11 is 0. The third-order valence-corrected chi connectivity index (χ3v) is 12.8. The van der Waals surface area contributed by atoms with Crippen LogP contribution in [0.4, 0.5) is 0 Å². The normalized spacial score (nSPS) is 25.7. The van der Waals surface area contributed by atoms with Gasteiger partial charge in [0.05, 0.1) is 21.3 Å². The fraction of sp³-hybridized carbons (Fsp3) is 0.520. The molecule has 2 aromatic rings. The lowest BCUT2D eigenvalue weighted by atomic mass is 9.97. The van der Waals surface area contributed by atoms with Gasteiger partial charge in [0.1, 0.15) is 5.60 Å². The molecule has 5 heteroatoms. The highest BCUT2D eigenvalue weighted by molar-refractivity contribution is 7.84. The predicted octanol–water partition coefficient (Wildman–Crippen LogP) is 6.25. The molecule has 1 saturated carbocycles. The Kier molecular flexibility index (Phi) is 6.00. The maximum Gasteiger partial charge on any atom is 0.193 e. The summed E-state index contributed by atoms with van der Waals surface area (Å²) in [6, 6.07) is 20.9. The van der Waals surface area contributed by atoms with Crippen molar-refractivity contribution in [2.45, 2.75) is 82.0 Å². The van der Waals surface area contributed by atoms with E-state index < -0.39 is 30.4 Å². The van der Waals surface area contributed by atoms with E-state index in [4.69, 9.17) is 4.43 Å². The standard InChI is InChI=1S/C25H37NO2SSi/c1-22(2,3)29(27)26-24(20-15-11-9-12-16-20)19-25(24,21-17-13-10-14-18-21)28-30(7,8)23(4,5)6/h9-18,26H,19H2,1-8H3/t24-,25+,29-/m1/s1. The number of nitrogens with one attached hydrogen (secondary N) is 1. The highest BCUT2D eigenvalue weighted by Crippen LogP contribution is 2.66. The van der Waals surface area contributed by atoms with Crippen molar-refractivity contribution in [2.24, 2.45) is 0 Å². The number of rotatable bonds is 6. The summed E-state index contributed by atoms with van der Waals surface area (Å²) in [6.07, 6.45) is 0.766. The Labute approximate surface area is 186 Å². The second-order valence-corrected chi connectivity index (χ2v) is 17.7. The van der Waals surface area contributed by atoms with Crippen LogP contribution in [0.3, 0.4) is 0 Å². The van der Waals surface area contributed by atoms with Crippen LogP contribution < -0.4 is 4.72 Å². The zero-order valence-electron chi connectivity index (χ0n) is 19.7. The van der Waals surface area contributed by atoms with E-state index in [1.165, 1.54) is 0 Å². The van der Waals surface area contributed by atoms with Crippen molar-refractivity contribution < 1.29 is 8.63 Å². The lowest BCUT2D eigenvalue weighted by molar-refractivity contribution is 0.126. The third kappa shape index (κ3) is 4.09. The minimum atomic E-state index is -2.12. The first kappa shape index (κ1) is 23.4. The van der Waals surface area contributed by atoms with Crippen molar-refractivity contribution in [2.75, 3.05) is 0 Å². The molecule has 0 spiro atoms. The van der Waals surface area contributed by atoms with Crippen molar-refractivity contribution >= 4 is 19.3 Å². The molecule has 0 saturated heterocycles. The third-order valence-electron chi connectivity index (χ3n) is 6.64. The monoisotopic (exact) mass is 443 g/mol. The fourth-order valence-corrected chi connectivity index (χ4v) is 6.22. The first-order valence-electron chi connectivity index (χ1n) is 10.8. The van der Waals surface area contributed by atoms with Crippen LogP contribution >= 0.6 is 0 Å². The van der Waals surface area contributed by atoms with Crippen molar-refractivity contribution in [1.29, 1.82) is 0 Å². The summed E-state index contributed by atoms with van der Waals surface area (Å²) in [5.41, 5.74) is 1.21. The molecule has 164 valence electrons. The van der Waals surface area contributed by atoms with E-state index in [-0.39, 0.29) is 9.79 Å². The molecule has 3 rings (SSSR count). The Balaban J connectivity index is 2.18. The van der Waals surface area contributed by atoms with Gasteiger partial charge in [-0.25, -0.2) is 8.93 Å². The molecule has 3 atom stereocenters. The van der Waals surface area contributed by atoms with E-state index in [0.717, 1.165) is 17.5 Å². The van der Waals surface area contributed by atoms with Gasteiger partial charge >= 0.3 is 0 Å². The zero-order chi connectivity index (χ0) is 22.4. The first-order chi connectivity index (χ1) is 13.8. The maximum absolute atomic E-state index is 13.3. The molecule has 1 fully saturated rings. The average molecular weight is 444 g/mol. The number of benzene rings is 2. The molecule has 0 bridgehead atoms. The van der Waals surface area contributed by atoms with Gasteiger partial charge in [-0.1, -0.05) is 81.4 Å². The van der Waals surface area contributed by atoms with Crippen LogP contribution in [0.25, 0.3) is 0 Å². The van der Waals surface area contributed by atoms with Gasteiger partial charge in [0.2, 0.25) is 0 Å². The van der Waals surface area contributed by atoms with E-state index in [1.807, 2.05) is 32.9 Å². The number of hydrogen-bond acceptors (Lipinski definition) is 2. The number of hydrogen-bond donors (Lipinski definition) is 1. The van der Waals surface area contributed by atoms with Gasteiger partial charge in [-0.05, 0) is 50.0 Å². The van der Waals surface area contributed by atoms with E-state index in [2.05, 4.69) is 87.1 Å². The van der Waals surface area contributed by atoms with E-state index in [1.54, 1.807) is 0 Å². The molecule has 0 amide bonds. The molecule has 0 heterocycles. The van der Waals surface area contributed by atoms with Crippen LogP contribution in [0.5, 0.6) is 0 Å². The van der Waals surface area contributed by atoms with Crippen molar-refractivity contribution in [3.8, 4) is 0 Å². The molecule has 1 aliphatic rings. The summed E-state index contributed by atoms with van der Waals surface area (Å²) in [7, 11) is -3.35. The van der Waals surface area contributed by atoms with Gasteiger partial charge in [-0.15, -0.1) is 0 Å². The van der Waals surface area contributed by atoms with E-state index in [0.29, 0.717) is 0 Å². The highest BCUT2D eigenvalue weighted by Gasteiger charge is 2.73. The molecule has 30 heavy (non-hydrogen) atoms. The lowest BCUT2D eigenvalue weighted by Gasteiger charge is -2.42.